The van der Waals surface area contributed by atoms with Gasteiger partial charge in [-0.3, -0.25) is 0 Å². The fraction of sp³-hybridized carbons (Fsp3) is 0.0556. The minimum absolute atomic E-state index is 0.102. The molecule has 0 bridgehead atoms. The molecule has 0 spiro atoms. The van der Waals surface area contributed by atoms with Crippen LogP contribution in [0.25, 0.3) is 0 Å². The van der Waals surface area contributed by atoms with E-state index >= 15 is 0 Å². The third-order valence-corrected chi connectivity index (χ3v) is 5.40. The van der Waals surface area contributed by atoms with Gasteiger partial charge >= 0.3 is 6.28 Å². The summed E-state index contributed by atoms with van der Waals surface area (Å²) in [6.45, 7) is 0. The van der Waals surface area contributed by atoms with Gasteiger partial charge in [-0.1, -0.05) is 17.0 Å². The van der Waals surface area contributed by atoms with E-state index in [-0.39, 0.29) is 5.69 Å². The Morgan fingerprint density at radius 2 is 0.900 bits per heavy atom. The highest BCUT2D eigenvalue weighted by molar-refractivity contribution is 6.96. The van der Waals surface area contributed by atoms with E-state index in [1.807, 2.05) is 0 Å². The van der Waals surface area contributed by atoms with Crippen LogP contribution in [0.3, 0.4) is 0 Å². The van der Waals surface area contributed by atoms with Crippen molar-refractivity contribution in [2.45, 2.75) is 6.32 Å². The molecule has 0 atom stereocenters. The third-order valence-electron chi connectivity index (χ3n) is 5.40. The van der Waals surface area contributed by atoms with Crippen molar-refractivity contribution in [3.05, 3.63) is 88.3 Å². The second-order valence-electron chi connectivity index (χ2n) is 6.76. The molecule has 0 fully saturated rings. The third kappa shape index (κ3) is 2.30. The van der Waals surface area contributed by atoms with E-state index in [2.05, 4.69) is 0 Å². The van der Waals surface area contributed by atoms with Gasteiger partial charge in [-0.05, 0) is 18.5 Å². The van der Waals surface area contributed by atoms with E-state index in [1.54, 1.807) is 0 Å². The zero-order chi connectivity index (χ0) is 22.1. The van der Waals surface area contributed by atoms with Crippen LogP contribution in [0.4, 0.5) is 43.9 Å². The van der Waals surface area contributed by atoms with E-state index in [1.165, 1.54) is 18.2 Å². The normalized spacial score (nSPS) is 14.5. The molecule has 0 radical (unpaired) electrons. The van der Waals surface area contributed by atoms with Crippen molar-refractivity contribution in [1.29, 1.82) is 0 Å². The van der Waals surface area contributed by atoms with Gasteiger partial charge in [0, 0.05) is 0 Å². The fourth-order valence-electron chi connectivity index (χ4n) is 4.09. The van der Waals surface area contributed by atoms with Crippen molar-refractivity contribution < 1.29 is 48.4 Å². The Labute approximate surface area is 161 Å². The largest absolute Gasteiger partial charge is 0.418 e. The van der Waals surface area contributed by atoms with Crippen molar-refractivity contribution in [2.75, 3.05) is 0 Å². The SMILES string of the molecule is Fc1c(F)c(F)c([B-]2(c3c(F)c(F)c(F)c(F)c3F)Cc3cccc[n+]32)c(F)c1F. The number of hydrogen-bond acceptors (Lipinski definition) is 0. The molecule has 3 aromatic rings. The zero-order valence-corrected chi connectivity index (χ0v) is 14.3. The predicted octanol–water partition coefficient (Wildman–Crippen LogP) is 3.07. The van der Waals surface area contributed by atoms with Gasteiger partial charge in [0.15, 0.2) is 34.9 Å². The Balaban J connectivity index is 2.22. The van der Waals surface area contributed by atoms with Crippen molar-refractivity contribution >= 4 is 17.2 Å². The summed E-state index contributed by atoms with van der Waals surface area (Å²) in [5, 5.41) is 0. The standard InChI is InChI=1S/C18H6BF10N/c20-9-7(10(21)14(25)17(28)13(9)24)19(5-6-3-1-2-4-30(6)19)8-11(22)15(26)18(29)16(27)12(8)23/h1-4H,5H2. The molecule has 2 aromatic carbocycles. The summed E-state index contributed by atoms with van der Waals surface area (Å²) in [6, 6.07) is 3.87. The minimum Gasteiger partial charge on any atom is -0.418 e. The first-order chi connectivity index (χ1) is 14.1. The molecule has 156 valence electrons. The Kier molecular flexibility index (Phi) is 4.37. The van der Waals surface area contributed by atoms with Crippen LogP contribution in [0.5, 0.6) is 0 Å². The summed E-state index contributed by atoms with van der Waals surface area (Å²) in [6.07, 6.45) is -3.61. The lowest BCUT2D eigenvalue weighted by molar-refractivity contribution is -0.574. The highest BCUT2D eigenvalue weighted by atomic mass is 19.2. The zero-order valence-electron chi connectivity index (χ0n) is 14.3. The molecule has 1 aliphatic rings. The van der Waals surface area contributed by atoms with Crippen molar-refractivity contribution in [1.82, 2.24) is 0 Å². The second kappa shape index (κ2) is 6.48. The highest BCUT2D eigenvalue weighted by Crippen LogP contribution is 2.28. The predicted molar refractivity (Wildman–Crippen MR) is 83.2 cm³/mol. The molecule has 1 aliphatic heterocycles. The van der Waals surface area contributed by atoms with E-state index < -0.39 is 81.7 Å². The van der Waals surface area contributed by atoms with Crippen LogP contribution >= 0.6 is 0 Å². The first-order valence-corrected chi connectivity index (χ1v) is 8.26. The van der Waals surface area contributed by atoms with Crippen LogP contribution in [0.1, 0.15) is 5.69 Å². The maximum Gasteiger partial charge on any atom is 0.354 e. The molecule has 0 N–H and O–H groups in total. The van der Waals surface area contributed by atoms with Crippen LogP contribution in [0.2, 0.25) is 0 Å². The Hall–Kier alpha value is -3.05. The molecular weight excluding hydrogens is 431 g/mol. The molecular formula is C18H6BF10N. The molecule has 4 rings (SSSR count). The van der Waals surface area contributed by atoms with Gasteiger partial charge in [-0.2, -0.15) is 0 Å². The first kappa shape index (κ1) is 20.2. The number of aromatic nitrogens is 1. The van der Waals surface area contributed by atoms with Gasteiger partial charge < -0.3 is 4.48 Å². The van der Waals surface area contributed by atoms with Crippen LogP contribution in [0.15, 0.2) is 24.4 Å². The number of benzene rings is 2. The summed E-state index contributed by atoms with van der Waals surface area (Å²) in [4.78, 5) is 0. The van der Waals surface area contributed by atoms with Gasteiger partial charge in [0.2, 0.25) is 0 Å². The number of hydrogen-bond donors (Lipinski definition) is 0. The molecule has 0 saturated heterocycles. The summed E-state index contributed by atoms with van der Waals surface area (Å²) < 4.78 is 142. The monoisotopic (exact) mass is 437 g/mol. The van der Waals surface area contributed by atoms with Crippen molar-refractivity contribution in [2.24, 2.45) is 0 Å². The Bertz CT molecular complexity index is 1110. The average Bonchev–Trinajstić information content (AvgIpc) is 2.72. The maximum atomic E-state index is 14.6. The van der Waals surface area contributed by atoms with E-state index in [9.17, 15) is 43.9 Å². The number of rotatable bonds is 2. The number of nitrogens with zero attached hydrogens (tertiary/aromatic N) is 1. The molecule has 0 aliphatic carbocycles. The molecule has 30 heavy (non-hydrogen) atoms. The molecule has 0 amide bonds. The molecule has 1 nitrogen and oxygen atoms in total. The van der Waals surface area contributed by atoms with Gasteiger partial charge in [0.05, 0.1) is 0 Å². The molecule has 2 heterocycles. The van der Waals surface area contributed by atoms with Crippen molar-refractivity contribution in [3.63, 3.8) is 0 Å². The van der Waals surface area contributed by atoms with Gasteiger partial charge in [0.1, 0.15) is 35.2 Å². The lowest BCUT2D eigenvalue weighted by Crippen LogP contribution is -2.90. The summed E-state index contributed by atoms with van der Waals surface area (Å²) in [7, 11) is 0. The summed E-state index contributed by atoms with van der Waals surface area (Å²) >= 11 is 0. The smallest absolute Gasteiger partial charge is 0.354 e. The highest BCUT2D eigenvalue weighted by Gasteiger charge is 2.58. The van der Waals surface area contributed by atoms with Crippen LogP contribution in [0, 0.1) is 58.2 Å². The van der Waals surface area contributed by atoms with Gasteiger partial charge in [0.25, 0.3) is 0 Å². The molecule has 12 heteroatoms. The molecule has 1 aromatic heterocycles. The van der Waals surface area contributed by atoms with Gasteiger partial charge in [-0.15, -0.1) is 0 Å². The quantitative estimate of drug-likeness (QED) is 0.251. The maximum absolute atomic E-state index is 14.6. The average molecular weight is 437 g/mol. The van der Waals surface area contributed by atoms with Crippen LogP contribution in [-0.4, -0.2) is 6.28 Å². The van der Waals surface area contributed by atoms with Crippen LogP contribution < -0.4 is 15.4 Å². The fourth-order valence-corrected chi connectivity index (χ4v) is 4.09. The summed E-state index contributed by atoms with van der Waals surface area (Å²) in [5.74, 6) is -24.5. The van der Waals surface area contributed by atoms with Crippen LogP contribution in [-0.2, 0) is 6.32 Å². The number of fused-ring (bicyclic) bond motifs is 1. The van der Waals surface area contributed by atoms with E-state index in [4.69, 9.17) is 0 Å². The minimum atomic E-state index is -3.83. The molecule has 0 unspecified atom stereocenters. The molecule has 0 saturated carbocycles. The van der Waals surface area contributed by atoms with E-state index in [0.29, 0.717) is 0 Å². The lowest BCUT2D eigenvalue weighted by atomic mass is 9.21. The summed E-state index contributed by atoms with van der Waals surface area (Å²) in [5.41, 5.74) is -3.26. The first-order valence-electron chi connectivity index (χ1n) is 8.26. The Morgan fingerprint density at radius 3 is 1.27 bits per heavy atom. The Morgan fingerprint density at radius 1 is 0.533 bits per heavy atom. The van der Waals surface area contributed by atoms with E-state index in [0.717, 1.165) is 10.7 Å². The van der Waals surface area contributed by atoms with Gasteiger partial charge in [-0.25, -0.2) is 43.9 Å². The number of halogens is 10. The van der Waals surface area contributed by atoms with Crippen molar-refractivity contribution in [3.8, 4) is 0 Å². The topological polar surface area (TPSA) is 3.88 Å². The number of pyridine rings is 1. The lowest BCUT2D eigenvalue weighted by Gasteiger charge is -2.44. The second-order valence-corrected chi connectivity index (χ2v) is 6.76.